The van der Waals surface area contributed by atoms with Crippen molar-refractivity contribution in [3.63, 3.8) is 0 Å². The van der Waals surface area contributed by atoms with Crippen molar-refractivity contribution in [3.05, 3.63) is 0 Å². The Morgan fingerprint density at radius 1 is 1.05 bits per heavy atom. The van der Waals surface area contributed by atoms with Crippen molar-refractivity contribution in [2.24, 2.45) is 11.8 Å². The molecule has 0 aromatic heterocycles. The SMILES string of the molecule is O=C(NC[C@H]1CCOC1)N1CCC[C@H]1CC1CCCCC1. The van der Waals surface area contributed by atoms with Crippen molar-refractivity contribution in [2.45, 2.75) is 63.8 Å². The Morgan fingerprint density at radius 2 is 1.90 bits per heavy atom. The van der Waals surface area contributed by atoms with Crippen molar-refractivity contribution in [1.82, 2.24) is 10.2 Å². The van der Waals surface area contributed by atoms with E-state index in [9.17, 15) is 4.79 Å². The number of rotatable bonds is 4. The number of hydrogen-bond donors (Lipinski definition) is 1. The largest absolute Gasteiger partial charge is 0.381 e. The first-order chi connectivity index (χ1) is 10.3. The second kappa shape index (κ2) is 7.48. The van der Waals surface area contributed by atoms with Crippen LogP contribution in [0.25, 0.3) is 0 Å². The Kier molecular flexibility index (Phi) is 5.39. The van der Waals surface area contributed by atoms with Gasteiger partial charge in [-0.15, -0.1) is 0 Å². The summed E-state index contributed by atoms with van der Waals surface area (Å²) in [5.74, 6) is 1.38. The van der Waals surface area contributed by atoms with E-state index in [4.69, 9.17) is 4.74 Å². The number of nitrogens with zero attached hydrogens (tertiary/aromatic N) is 1. The molecular weight excluding hydrogens is 264 g/mol. The molecule has 120 valence electrons. The average molecular weight is 294 g/mol. The van der Waals surface area contributed by atoms with Crippen LogP contribution in [0.3, 0.4) is 0 Å². The average Bonchev–Trinajstić information content (AvgIpc) is 3.17. The summed E-state index contributed by atoms with van der Waals surface area (Å²) < 4.78 is 5.37. The van der Waals surface area contributed by atoms with E-state index in [1.54, 1.807) is 0 Å². The van der Waals surface area contributed by atoms with Crippen LogP contribution in [0.15, 0.2) is 0 Å². The lowest BCUT2D eigenvalue weighted by atomic mass is 9.84. The van der Waals surface area contributed by atoms with E-state index in [0.717, 1.165) is 38.6 Å². The predicted octanol–water partition coefficient (Wildman–Crippen LogP) is 3.17. The van der Waals surface area contributed by atoms with Gasteiger partial charge >= 0.3 is 6.03 Å². The van der Waals surface area contributed by atoms with E-state index >= 15 is 0 Å². The maximum atomic E-state index is 12.4. The predicted molar refractivity (Wildman–Crippen MR) is 83.2 cm³/mol. The lowest BCUT2D eigenvalue weighted by Crippen LogP contribution is -2.45. The van der Waals surface area contributed by atoms with Crippen LogP contribution in [-0.2, 0) is 4.74 Å². The van der Waals surface area contributed by atoms with E-state index in [1.165, 1.54) is 51.4 Å². The maximum absolute atomic E-state index is 12.4. The minimum Gasteiger partial charge on any atom is -0.381 e. The molecule has 1 saturated carbocycles. The van der Waals surface area contributed by atoms with Gasteiger partial charge in [-0.3, -0.25) is 0 Å². The van der Waals surface area contributed by atoms with E-state index in [-0.39, 0.29) is 6.03 Å². The minimum absolute atomic E-state index is 0.167. The topological polar surface area (TPSA) is 41.6 Å². The van der Waals surface area contributed by atoms with Gasteiger partial charge < -0.3 is 15.0 Å². The van der Waals surface area contributed by atoms with Crippen molar-refractivity contribution >= 4 is 6.03 Å². The Hall–Kier alpha value is -0.770. The molecule has 2 heterocycles. The number of amides is 2. The summed E-state index contributed by atoms with van der Waals surface area (Å²) in [6, 6.07) is 0.660. The molecule has 2 atom stereocenters. The number of hydrogen-bond acceptors (Lipinski definition) is 2. The summed E-state index contributed by atoms with van der Waals surface area (Å²) in [5.41, 5.74) is 0. The molecule has 3 rings (SSSR count). The molecular formula is C17H30N2O2. The maximum Gasteiger partial charge on any atom is 0.317 e. The molecule has 0 bridgehead atoms. The van der Waals surface area contributed by atoms with Crippen molar-refractivity contribution in [3.8, 4) is 0 Å². The van der Waals surface area contributed by atoms with E-state index < -0.39 is 0 Å². The first-order valence-corrected chi connectivity index (χ1v) is 8.95. The number of likely N-dealkylation sites (tertiary alicyclic amines) is 1. The van der Waals surface area contributed by atoms with Gasteiger partial charge in [0.1, 0.15) is 0 Å². The first kappa shape index (κ1) is 15.1. The summed E-state index contributed by atoms with van der Waals surface area (Å²) >= 11 is 0. The Morgan fingerprint density at radius 3 is 2.67 bits per heavy atom. The molecule has 3 aliphatic rings. The zero-order valence-electron chi connectivity index (χ0n) is 13.2. The monoisotopic (exact) mass is 294 g/mol. The van der Waals surface area contributed by atoms with Crippen molar-refractivity contribution < 1.29 is 9.53 Å². The van der Waals surface area contributed by atoms with E-state index in [2.05, 4.69) is 10.2 Å². The van der Waals surface area contributed by atoms with Gasteiger partial charge in [0.15, 0.2) is 0 Å². The van der Waals surface area contributed by atoms with Gasteiger partial charge in [0.05, 0.1) is 6.61 Å². The Bertz CT molecular complexity index is 336. The third-order valence-electron chi connectivity index (χ3n) is 5.53. The van der Waals surface area contributed by atoms with Crippen LogP contribution in [0.1, 0.15) is 57.8 Å². The number of carbonyl (C=O) groups excluding carboxylic acids is 1. The lowest BCUT2D eigenvalue weighted by molar-refractivity contribution is 0.171. The summed E-state index contributed by atoms with van der Waals surface area (Å²) in [7, 11) is 0. The smallest absolute Gasteiger partial charge is 0.317 e. The van der Waals surface area contributed by atoms with Gasteiger partial charge in [-0.2, -0.15) is 0 Å². The van der Waals surface area contributed by atoms with Crippen LogP contribution in [0, 0.1) is 11.8 Å². The van der Waals surface area contributed by atoms with Gasteiger partial charge in [-0.25, -0.2) is 4.79 Å². The molecule has 0 unspecified atom stereocenters. The summed E-state index contributed by atoms with van der Waals surface area (Å²) in [5, 5.41) is 3.14. The second-order valence-corrected chi connectivity index (χ2v) is 7.14. The van der Waals surface area contributed by atoms with Gasteiger partial charge in [-0.05, 0) is 31.6 Å². The van der Waals surface area contributed by atoms with Crippen molar-refractivity contribution in [1.29, 1.82) is 0 Å². The highest BCUT2D eigenvalue weighted by Crippen LogP contribution is 2.32. The van der Waals surface area contributed by atoms with Crippen LogP contribution < -0.4 is 5.32 Å². The molecule has 0 aromatic carbocycles. The van der Waals surface area contributed by atoms with Gasteiger partial charge in [0.2, 0.25) is 0 Å². The molecule has 0 radical (unpaired) electrons. The molecule has 2 amide bonds. The fourth-order valence-electron chi connectivity index (χ4n) is 4.23. The third-order valence-corrected chi connectivity index (χ3v) is 5.53. The Balaban J connectivity index is 1.44. The summed E-state index contributed by atoms with van der Waals surface area (Å²) in [6.07, 6.45) is 11.7. The molecule has 0 spiro atoms. The quantitative estimate of drug-likeness (QED) is 0.865. The molecule has 1 aliphatic carbocycles. The molecule has 2 aliphatic heterocycles. The molecule has 1 N–H and O–H groups in total. The van der Waals surface area contributed by atoms with Crippen LogP contribution in [0.2, 0.25) is 0 Å². The molecule has 2 saturated heterocycles. The summed E-state index contributed by atoms with van der Waals surface area (Å²) in [6.45, 7) is 3.40. The van der Waals surface area contributed by atoms with Crippen LogP contribution >= 0.6 is 0 Å². The zero-order chi connectivity index (χ0) is 14.5. The molecule has 4 nitrogen and oxygen atoms in total. The number of urea groups is 1. The molecule has 3 fully saturated rings. The normalized spacial score (nSPS) is 30.8. The Labute approximate surface area is 128 Å². The lowest BCUT2D eigenvalue weighted by Gasteiger charge is -2.30. The standard InChI is InChI=1S/C17H30N2O2/c20-17(18-12-15-8-10-21-13-15)19-9-4-7-16(19)11-14-5-2-1-3-6-14/h14-16H,1-13H2,(H,18,20)/t15-,16+/m1/s1. The molecule has 4 heteroatoms. The van der Waals surface area contributed by atoms with Gasteiger partial charge in [0, 0.05) is 31.7 Å². The second-order valence-electron chi connectivity index (χ2n) is 7.14. The van der Waals surface area contributed by atoms with Crippen LogP contribution in [0.5, 0.6) is 0 Å². The van der Waals surface area contributed by atoms with Crippen molar-refractivity contribution in [2.75, 3.05) is 26.3 Å². The van der Waals surface area contributed by atoms with Gasteiger partial charge in [0.25, 0.3) is 0 Å². The highest BCUT2D eigenvalue weighted by atomic mass is 16.5. The van der Waals surface area contributed by atoms with Gasteiger partial charge in [-0.1, -0.05) is 32.1 Å². The van der Waals surface area contributed by atoms with Crippen LogP contribution in [-0.4, -0.2) is 43.3 Å². The van der Waals surface area contributed by atoms with E-state index in [0.29, 0.717) is 12.0 Å². The zero-order valence-corrected chi connectivity index (χ0v) is 13.2. The molecule has 21 heavy (non-hydrogen) atoms. The van der Waals surface area contributed by atoms with Crippen LogP contribution in [0.4, 0.5) is 4.79 Å². The number of carbonyl (C=O) groups is 1. The highest BCUT2D eigenvalue weighted by molar-refractivity contribution is 5.74. The highest BCUT2D eigenvalue weighted by Gasteiger charge is 2.31. The third kappa shape index (κ3) is 4.12. The van der Waals surface area contributed by atoms with E-state index in [1.807, 2.05) is 0 Å². The summed E-state index contributed by atoms with van der Waals surface area (Å²) in [4.78, 5) is 14.5. The number of ether oxygens (including phenoxy) is 1. The fourth-order valence-corrected chi connectivity index (χ4v) is 4.23. The molecule has 0 aromatic rings. The first-order valence-electron chi connectivity index (χ1n) is 8.95. The minimum atomic E-state index is 0.167. The fraction of sp³-hybridized carbons (Fsp3) is 0.941. The number of nitrogens with one attached hydrogen (secondary N) is 1.